The molecule has 1 aromatic carbocycles. The van der Waals surface area contributed by atoms with Gasteiger partial charge in [-0.05, 0) is 48.9 Å². The molecule has 11 heteroatoms. The number of nitrogens with two attached hydrogens (primary N) is 1. The third-order valence-corrected chi connectivity index (χ3v) is 6.23. The summed E-state index contributed by atoms with van der Waals surface area (Å²) in [6, 6.07) is 5.95. The van der Waals surface area contributed by atoms with Crippen molar-refractivity contribution >= 4 is 45.5 Å². The van der Waals surface area contributed by atoms with Crippen molar-refractivity contribution in [1.29, 1.82) is 0 Å². The fourth-order valence-electron chi connectivity index (χ4n) is 2.91. The molecule has 1 aliphatic heterocycles. The number of hydrogen-bond donors (Lipinski definition) is 2. The summed E-state index contributed by atoms with van der Waals surface area (Å²) in [5.74, 6) is -3.96. The molecule has 1 saturated carbocycles. The van der Waals surface area contributed by atoms with Crippen LogP contribution in [0.4, 0.5) is 19.3 Å². The SMILES string of the molecule is NS(=O)c1ccc(NC(=O)CN2C(=O)SC(=C3CCC(F)(F)CC3)C2=O)cc1. The highest BCUT2D eigenvalue weighted by Crippen LogP contribution is 2.42. The zero-order valence-corrected chi connectivity index (χ0v) is 16.2. The molecule has 1 unspecified atom stereocenters. The van der Waals surface area contributed by atoms with E-state index in [2.05, 4.69) is 5.32 Å². The number of thioether (sulfide) groups is 1. The second-order valence-corrected chi connectivity index (χ2v) is 8.45. The number of amides is 3. The molecule has 0 bridgehead atoms. The number of nitrogens with one attached hydrogen (secondary N) is 1. The zero-order valence-electron chi connectivity index (χ0n) is 14.6. The van der Waals surface area contributed by atoms with Crippen molar-refractivity contribution in [2.75, 3.05) is 11.9 Å². The van der Waals surface area contributed by atoms with Gasteiger partial charge in [-0.2, -0.15) is 0 Å². The summed E-state index contributed by atoms with van der Waals surface area (Å²) in [6.45, 7) is -0.484. The van der Waals surface area contributed by atoms with Gasteiger partial charge >= 0.3 is 0 Å². The lowest BCUT2D eigenvalue weighted by Crippen LogP contribution is -2.36. The van der Waals surface area contributed by atoms with Crippen LogP contribution in [0.25, 0.3) is 0 Å². The topological polar surface area (TPSA) is 110 Å². The number of benzene rings is 1. The quantitative estimate of drug-likeness (QED) is 0.716. The Balaban J connectivity index is 1.64. The van der Waals surface area contributed by atoms with Gasteiger partial charge in [-0.1, -0.05) is 5.57 Å². The molecular weight excluding hydrogens is 412 g/mol. The first-order valence-electron chi connectivity index (χ1n) is 8.36. The maximum atomic E-state index is 13.3. The Morgan fingerprint density at radius 1 is 1.21 bits per heavy atom. The summed E-state index contributed by atoms with van der Waals surface area (Å²) in [4.78, 5) is 38.1. The first kappa shape index (κ1) is 20.6. The van der Waals surface area contributed by atoms with E-state index in [1.165, 1.54) is 24.3 Å². The fraction of sp³-hybridized carbons (Fsp3) is 0.353. The molecule has 1 atom stereocenters. The van der Waals surface area contributed by atoms with Gasteiger partial charge in [-0.3, -0.25) is 19.3 Å². The number of rotatable bonds is 4. The summed E-state index contributed by atoms with van der Waals surface area (Å²) in [5, 5.41) is 7.18. The Morgan fingerprint density at radius 3 is 2.39 bits per heavy atom. The molecule has 7 nitrogen and oxygen atoms in total. The second-order valence-electron chi connectivity index (χ2n) is 6.42. The van der Waals surface area contributed by atoms with Crippen LogP contribution in [0.5, 0.6) is 0 Å². The van der Waals surface area contributed by atoms with E-state index in [1.54, 1.807) is 0 Å². The van der Waals surface area contributed by atoms with Gasteiger partial charge in [0, 0.05) is 18.5 Å². The van der Waals surface area contributed by atoms with E-state index in [1.807, 2.05) is 0 Å². The lowest BCUT2D eigenvalue weighted by atomic mass is 9.91. The Morgan fingerprint density at radius 2 is 1.82 bits per heavy atom. The highest BCUT2D eigenvalue weighted by atomic mass is 32.2. The van der Waals surface area contributed by atoms with Crippen LogP contribution < -0.4 is 10.5 Å². The summed E-state index contributed by atoms with van der Waals surface area (Å²) < 4.78 is 37.7. The van der Waals surface area contributed by atoms with Gasteiger partial charge in [-0.15, -0.1) is 0 Å². The average molecular weight is 429 g/mol. The highest BCUT2D eigenvalue weighted by molar-refractivity contribution is 8.18. The monoisotopic (exact) mass is 429 g/mol. The van der Waals surface area contributed by atoms with Crippen LogP contribution >= 0.6 is 11.8 Å². The third-order valence-electron chi connectivity index (χ3n) is 4.43. The molecule has 1 aliphatic carbocycles. The molecule has 2 aliphatic rings. The van der Waals surface area contributed by atoms with E-state index < -0.39 is 40.5 Å². The zero-order chi connectivity index (χ0) is 20.5. The molecule has 150 valence electrons. The number of carbonyl (C=O) groups is 3. The Hall–Kier alpha value is -2.11. The van der Waals surface area contributed by atoms with Crippen LogP contribution in [0.2, 0.25) is 0 Å². The maximum Gasteiger partial charge on any atom is 0.294 e. The van der Waals surface area contributed by atoms with Gasteiger partial charge in [0.05, 0.1) is 9.80 Å². The van der Waals surface area contributed by atoms with Crippen molar-refractivity contribution in [1.82, 2.24) is 4.90 Å². The molecule has 1 saturated heterocycles. The van der Waals surface area contributed by atoms with E-state index in [-0.39, 0.29) is 30.6 Å². The van der Waals surface area contributed by atoms with Gasteiger partial charge in [0.2, 0.25) is 11.8 Å². The predicted molar refractivity (Wildman–Crippen MR) is 101 cm³/mol. The molecule has 0 radical (unpaired) electrons. The third kappa shape index (κ3) is 4.65. The first-order chi connectivity index (χ1) is 13.2. The van der Waals surface area contributed by atoms with Gasteiger partial charge in [-0.25, -0.2) is 18.1 Å². The minimum atomic E-state index is -2.74. The number of carbonyl (C=O) groups excluding carboxylic acids is 3. The molecule has 2 fully saturated rings. The number of allylic oxidation sites excluding steroid dienone is 1. The average Bonchev–Trinajstić information content (AvgIpc) is 2.90. The lowest BCUT2D eigenvalue weighted by molar-refractivity contribution is -0.127. The normalized spacial score (nSPS) is 20.5. The van der Waals surface area contributed by atoms with Gasteiger partial charge in [0.1, 0.15) is 17.5 Å². The van der Waals surface area contributed by atoms with Gasteiger partial charge in [0.25, 0.3) is 11.1 Å². The summed E-state index contributed by atoms with van der Waals surface area (Å²) in [7, 11) is -1.64. The van der Waals surface area contributed by atoms with E-state index in [9.17, 15) is 27.4 Å². The highest BCUT2D eigenvalue weighted by Gasteiger charge is 2.41. The summed E-state index contributed by atoms with van der Waals surface area (Å²) in [6.07, 6.45) is -0.581. The van der Waals surface area contributed by atoms with Gasteiger partial charge in [0.15, 0.2) is 0 Å². The molecule has 1 heterocycles. The Kier molecular flexibility index (Phi) is 5.96. The lowest BCUT2D eigenvalue weighted by Gasteiger charge is -2.24. The molecule has 0 aromatic heterocycles. The summed E-state index contributed by atoms with van der Waals surface area (Å²) >= 11 is 0.686. The smallest absolute Gasteiger partial charge is 0.294 e. The molecule has 0 spiro atoms. The maximum absolute atomic E-state index is 13.3. The van der Waals surface area contributed by atoms with Crippen LogP contribution in [0.1, 0.15) is 25.7 Å². The number of hydrogen-bond acceptors (Lipinski definition) is 5. The fourth-order valence-corrected chi connectivity index (χ4v) is 4.29. The summed E-state index contributed by atoms with van der Waals surface area (Å²) in [5.41, 5.74) is 0.932. The van der Waals surface area contributed by atoms with Crippen LogP contribution in [-0.2, 0) is 20.6 Å². The largest absolute Gasteiger partial charge is 0.325 e. The minimum absolute atomic E-state index is 0.0588. The molecule has 3 amide bonds. The number of anilines is 1. The van der Waals surface area contributed by atoms with Gasteiger partial charge < -0.3 is 5.32 Å². The Labute approximate surface area is 166 Å². The van der Waals surface area contributed by atoms with E-state index in [4.69, 9.17) is 5.14 Å². The molecule has 1 aromatic rings. The number of nitrogens with zero attached hydrogens (tertiary/aromatic N) is 1. The van der Waals surface area contributed by atoms with E-state index in [0.29, 0.717) is 27.9 Å². The van der Waals surface area contributed by atoms with Crippen molar-refractivity contribution in [3.05, 3.63) is 34.7 Å². The number of halogens is 2. The molecule has 3 N–H and O–H groups in total. The molecule has 3 rings (SSSR count). The Bertz CT molecular complexity index is 875. The predicted octanol–water partition coefficient (Wildman–Crippen LogP) is 2.77. The molecule has 28 heavy (non-hydrogen) atoms. The van der Waals surface area contributed by atoms with Crippen molar-refractivity contribution in [3.8, 4) is 0 Å². The first-order valence-corrected chi connectivity index (χ1v) is 10.4. The van der Waals surface area contributed by atoms with Crippen molar-refractivity contribution in [2.45, 2.75) is 36.5 Å². The van der Waals surface area contributed by atoms with Crippen molar-refractivity contribution in [2.24, 2.45) is 5.14 Å². The van der Waals surface area contributed by atoms with Crippen LogP contribution in [0, 0.1) is 0 Å². The van der Waals surface area contributed by atoms with Crippen LogP contribution in [0.15, 0.2) is 39.6 Å². The molecular formula is C17H17F2N3O4S2. The number of alkyl halides is 2. The van der Waals surface area contributed by atoms with Crippen molar-refractivity contribution < 1.29 is 27.4 Å². The number of imide groups is 1. The second kappa shape index (κ2) is 8.10. The minimum Gasteiger partial charge on any atom is -0.325 e. The van der Waals surface area contributed by atoms with E-state index >= 15 is 0 Å². The van der Waals surface area contributed by atoms with Crippen molar-refractivity contribution in [3.63, 3.8) is 0 Å². The van der Waals surface area contributed by atoms with Crippen LogP contribution in [0.3, 0.4) is 0 Å². The standard InChI is InChI=1S/C17H17F2N3O4S2/c18-17(19)7-5-10(6-8-17)14-15(24)22(16(25)27-14)9-13(23)21-11-1-3-12(4-2-11)28(20)26/h1-4H,5-9,20H2,(H,21,23). The van der Waals surface area contributed by atoms with E-state index in [0.717, 1.165) is 4.90 Å². The van der Waals surface area contributed by atoms with Crippen LogP contribution in [-0.4, -0.2) is 38.6 Å².